The average Bonchev–Trinajstić information content (AvgIpc) is 2.33. The Kier molecular flexibility index (Phi) is 4.04. The summed E-state index contributed by atoms with van der Waals surface area (Å²) in [5, 5.41) is 0. The van der Waals surface area contributed by atoms with Gasteiger partial charge in [0.2, 0.25) is 0 Å². The van der Waals surface area contributed by atoms with E-state index in [0.717, 1.165) is 5.56 Å². The predicted octanol–water partition coefficient (Wildman–Crippen LogP) is 3.27. The van der Waals surface area contributed by atoms with Crippen LogP contribution >= 0.6 is 0 Å². The molecule has 0 aromatic heterocycles. The summed E-state index contributed by atoms with van der Waals surface area (Å²) in [6, 6.07) is 16.1. The molecule has 0 amide bonds. The Bertz CT molecular complexity index is 511. The van der Waals surface area contributed by atoms with Crippen molar-refractivity contribution in [2.75, 3.05) is 0 Å². The third kappa shape index (κ3) is 3.49. The lowest BCUT2D eigenvalue weighted by Crippen LogP contribution is -2.01. The van der Waals surface area contributed by atoms with E-state index < -0.39 is 10.8 Å². The van der Waals surface area contributed by atoms with Crippen molar-refractivity contribution < 1.29 is 8.60 Å². The van der Waals surface area contributed by atoms with Gasteiger partial charge < -0.3 is 0 Å². The van der Waals surface area contributed by atoms with Gasteiger partial charge in [0.05, 0.1) is 5.75 Å². The first-order valence-corrected chi connectivity index (χ1v) is 6.87. The normalized spacial score (nSPS) is 12.3. The number of benzene rings is 2. The van der Waals surface area contributed by atoms with Gasteiger partial charge in [0.1, 0.15) is 5.82 Å². The van der Waals surface area contributed by atoms with E-state index >= 15 is 0 Å². The molecule has 0 aliphatic heterocycles. The molecule has 2 aromatic carbocycles. The number of hydrogen-bond acceptors (Lipinski definition) is 1. The second kappa shape index (κ2) is 5.73. The smallest absolute Gasteiger partial charge is 0.127 e. The van der Waals surface area contributed by atoms with Crippen molar-refractivity contribution in [2.24, 2.45) is 0 Å². The minimum atomic E-state index is -1.07. The minimum absolute atomic E-state index is 0.265. The Labute approximate surface area is 103 Å². The van der Waals surface area contributed by atoms with Crippen LogP contribution in [0, 0.1) is 5.82 Å². The van der Waals surface area contributed by atoms with Crippen molar-refractivity contribution in [2.45, 2.75) is 11.5 Å². The molecule has 0 aliphatic carbocycles. The van der Waals surface area contributed by atoms with Crippen LogP contribution in [-0.2, 0) is 22.3 Å². The van der Waals surface area contributed by atoms with Gasteiger partial charge in [-0.2, -0.15) is 0 Å². The number of hydrogen-bond donors (Lipinski definition) is 0. The summed E-state index contributed by atoms with van der Waals surface area (Å²) in [6.45, 7) is 0. The minimum Gasteiger partial charge on any atom is -0.259 e. The van der Waals surface area contributed by atoms with Gasteiger partial charge in [-0.25, -0.2) is 4.39 Å². The van der Waals surface area contributed by atoms with Crippen molar-refractivity contribution in [3.8, 4) is 0 Å². The molecule has 0 saturated carbocycles. The van der Waals surface area contributed by atoms with Crippen molar-refractivity contribution in [1.82, 2.24) is 0 Å². The van der Waals surface area contributed by atoms with Gasteiger partial charge >= 0.3 is 0 Å². The van der Waals surface area contributed by atoms with Gasteiger partial charge in [-0.15, -0.1) is 0 Å². The van der Waals surface area contributed by atoms with Gasteiger partial charge in [-0.05, 0) is 11.6 Å². The molecule has 0 aliphatic rings. The highest BCUT2D eigenvalue weighted by molar-refractivity contribution is 7.83. The molecular weight excluding hydrogens is 235 g/mol. The summed E-state index contributed by atoms with van der Waals surface area (Å²) in [4.78, 5) is 0. The predicted molar refractivity (Wildman–Crippen MR) is 68.4 cm³/mol. The molecule has 0 fully saturated rings. The zero-order valence-corrected chi connectivity index (χ0v) is 10.1. The Morgan fingerprint density at radius 3 is 2.24 bits per heavy atom. The first-order chi connectivity index (χ1) is 8.25. The molecule has 2 rings (SSSR count). The van der Waals surface area contributed by atoms with Gasteiger partial charge in [0.25, 0.3) is 0 Å². The SMILES string of the molecule is O=[S@](Cc1ccccc1)Cc1ccccc1F. The standard InChI is InChI=1S/C14H13FOS/c15-14-9-5-4-8-13(14)11-17(16)10-12-6-2-1-3-7-12/h1-9H,10-11H2/t17-/m1/s1. The molecular formula is C14H13FOS. The summed E-state index contributed by atoms with van der Waals surface area (Å²) >= 11 is 0. The summed E-state index contributed by atoms with van der Waals surface area (Å²) in [5.74, 6) is 0.449. The highest BCUT2D eigenvalue weighted by Gasteiger charge is 2.06. The van der Waals surface area contributed by atoms with E-state index in [9.17, 15) is 8.60 Å². The zero-order chi connectivity index (χ0) is 12.1. The lowest BCUT2D eigenvalue weighted by molar-refractivity contribution is 0.615. The number of rotatable bonds is 4. The second-order valence-electron chi connectivity index (χ2n) is 3.81. The van der Waals surface area contributed by atoms with E-state index in [0.29, 0.717) is 11.3 Å². The van der Waals surface area contributed by atoms with Crippen molar-refractivity contribution in [3.63, 3.8) is 0 Å². The van der Waals surface area contributed by atoms with Crippen molar-refractivity contribution >= 4 is 10.8 Å². The van der Waals surface area contributed by atoms with Crippen LogP contribution in [0.25, 0.3) is 0 Å². The third-order valence-corrected chi connectivity index (χ3v) is 3.73. The van der Waals surface area contributed by atoms with Gasteiger partial charge in [0, 0.05) is 22.1 Å². The Hall–Kier alpha value is -1.48. The summed E-state index contributed by atoms with van der Waals surface area (Å²) in [7, 11) is -1.07. The maximum Gasteiger partial charge on any atom is 0.127 e. The fourth-order valence-electron chi connectivity index (χ4n) is 1.60. The molecule has 0 heterocycles. The first-order valence-electron chi connectivity index (χ1n) is 5.38. The van der Waals surface area contributed by atoms with E-state index in [1.807, 2.05) is 30.3 Å². The third-order valence-electron chi connectivity index (χ3n) is 2.44. The molecule has 0 bridgehead atoms. The van der Waals surface area contributed by atoms with Crippen LogP contribution in [0.15, 0.2) is 54.6 Å². The van der Waals surface area contributed by atoms with Crippen LogP contribution in [-0.4, -0.2) is 4.21 Å². The lowest BCUT2D eigenvalue weighted by atomic mass is 10.2. The fraction of sp³-hybridized carbons (Fsp3) is 0.143. The maximum absolute atomic E-state index is 13.4. The lowest BCUT2D eigenvalue weighted by Gasteiger charge is -2.04. The highest BCUT2D eigenvalue weighted by Crippen LogP contribution is 2.12. The molecule has 1 nitrogen and oxygen atoms in total. The van der Waals surface area contributed by atoms with Crippen LogP contribution in [0.2, 0.25) is 0 Å². The molecule has 17 heavy (non-hydrogen) atoms. The first kappa shape index (κ1) is 12.0. The maximum atomic E-state index is 13.4. The van der Waals surface area contributed by atoms with Crippen LogP contribution in [0.4, 0.5) is 4.39 Å². The molecule has 0 unspecified atom stereocenters. The van der Waals surface area contributed by atoms with Crippen LogP contribution in [0.1, 0.15) is 11.1 Å². The van der Waals surface area contributed by atoms with E-state index in [1.54, 1.807) is 18.2 Å². The van der Waals surface area contributed by atoms with Gasteiger partial charge in [-0.1, -0.05) is 48.5 Å². The Morgan fingerprint density at radius 1 is 0.882 bits per heavy atom. The monoisotopic (exact) mass is 248 g/mol. The fourth-order valence-corrected chi connectivity index (χ4v) is 2.85. The van der Waals surface area contributed by atoms with Crippen molar-refractivity contribution in [3.05, 3.63) is 71.5 Å². The highest BCUT2D eigenvalue weighted by atomic mass is 32.2. The van der Waals surface area contributed by atoms with E-state index in [-0.39, 0.29) is 11.6 Å². The Morgan fingerprint density at radius 2 is 1.53 bits per heavy atom. The second-order valence-corrected chi connectivity index (χ2v) is 5.26. The zero-order valence-electron chi connectivity index (χ0n) is 9.30. The molecule has 0 spiro atoms. The quantitative estimate of drug-likeness (QED) is 0.811. The van der Waals surface area contributed by atoms with Crippen LogP contribution in [0.5, 0.6) is 0 Å². The van der Waals surface area contributed by atoms with Gasteiger partial charge in [0.15, 0.2) is 0 Å². The molecule has 0 N–H and O–H groups in total. The molecule has 3 heteroatoms. The summed E-state index contributed by atoms with van der Waals surface area (Å²) < 4.78 is 25.2. The van der Waals surface area contributed by atoms with Crippen LogP contribution in [0.3, 0.4) is 0 Å². The average molecular weight is 248 g/mol. The molecule has 1 atom stereocenters. The summed E-state index contributed by atoms with van der Waals surface area (Å²) in [5.41, 5.74) is 1.53. The van der Waals surface area contributed by atoms with Gasteiger partial charge in [-0.3, -0.25) is 4.21 Å². The van der Waals surface area contributed by atoms with Crippen LogP contribution < -0.4 is 0 Å². The molecule has 0 radical (unpaired) electrons. The number of halogens is 1. The van der Waals surface area contributed by atoms with E-state index in [2.05, 4.69) is 0 Å². The molecule has 2 aromatic rings. The van der Waals surface area contributed by atoms with E-state index in [1.165, 1.54) is 6.07 Å². The molecule has 0 saturated heterocycles. The topological polar surface area (TPSA) is 17.1 Å². The molecule has 88 valence electrons. The Balaban J connectivity index is 2.01. The summed E-state index contributed by atoms with van der Waals surface area (Å²) in [6.07, 6.45) is 0. The largest absolute Gasteiger partial charge is 0.259 e. The van der Waals surface area contributed by atoms with Crippen molar-refractivity contribution in [1.29, 1.82) is 0 Å². The van der Waals surface area contributed by atoms with E-state index in [4.69, 9.17) is 0 Å².